The van der Waals surface area contributed by atoms with Crippen molar-refractivity contribution in [2.75, 3.05) is 0 Å². The van der Waals surface area contributed by atoms with Crippen molar-refractivity contribution in [3.8, 4) is 56.2 Å². The summed E-state index contributed by atoms with van der Waals surface area (Å²) >= 11 is 0. The van der Waals surface area contributed by atoms with E-state index in [0.717, 1.165) is 120 Å². The number of nitrogens with zero attached hydrogens (tertiary/aromatic N) is 6. The molecule has 6 heterocycles. The maximum absolute atomic E-state index is 18.0. The van der Waals surface area contributed by atoms with E-state index in [1.165, 1.54) is 0 Å². The number of aromatic nitrogens is 6. The lowest BCUT2D eigenvalue weighted by Gasteiger charge is -2.27. The van der Waals surface area contributed by atoms with E-state index >= 15 is 9.13 Å². The second-order valence-electron chi connectivity index (χ2n) is 24.2. The van der Waals surface area contributed by atoms with Gasteiger partial charge in [-0.2, -0.15) is 0 Å². The summed E-state index contributed by atoms with van der Waals surface area (Å²) in [5.74, 6) is 0. The molecule has 12 aromatic carbocycles. The number of hydrogen-bond acceptors (Lipinski definition) is 8. The number of rotatable bonds is 11. The van der Waals surface area contributed by atoms with Crippen LogP contribution < -0.4 is 32.2 Å². The Morgan fingerprint density at radius 2 is 0.625 bits per heavy atom. The Hall–Kier alpha value is -11.9. The topological polar surface area (TPSA) is 111 Å². The highest BCUT2D eigenvalue weighted by atomic mass is 31.2. The molecule has 2 atom stereocenters. The van der Waals surface area contributed by atoms with Crippen molar-refractivity contribution in [1.29, 1.82) is 0 Å². The molecule has 0 saturated carbocycles. The zero-order chi connectivity index (χ0) is 63.9. The van der Waals surface area contributed by atoms with Crippen molar-refractivity contribution < 1.29 is 9.13 Å². The molecule has 0 aliphatic heterocycles. The van der Waals surface area contributed by atoms with Gasteiger partial charge in [0.2, 0.25) is 7.14 Å². The van der Waals surface area contributed by atoms with Crippen molar-refractivity contribution in [3.63, 3.8) is 0 Å². The van der Waals surface area contributed by atoms with E-state index in [-0.39, 0.29) is 0 Å². The van der Waals surface area contributed by atoms with E-state index in [2.05, 4.69) is 194 Å². The van der Waals surface area contributed by atoms with Crippen LogP contribution in [0, 0.1) is 0 Å². The van der Waals surface area contributed by atoms with Crippen LogP contribution in [0.1, 0.15) is 0 Å². The summed E-state index contributed by atoms with van der Waals surface area (Å²) in [4.78, 5) is 29.9. The highest BCUT2D eigenvalue weighted by Crippen LogP contribution is 2.55. The molecule has 0 saturated heterocycles. The summed E-state index contributed by atoms with van der Waals surface area (Å²) in [6.07, 6.45) is 8.84. The molecule has 450 valence electrons. The van der Waals surface area contributed by atoms with Gasteiger partial charge in [-0.3, -0.25) is 24.9 Å². The smallest absolute Gasteiger partial charge is 0.207 e. The van der Waals surface area contributed by atoms with Crippen molar-refractivity contribution in [1.82, 2.24) is 29.9 Å². The third-order valence-electron chi connectivity index (χ3n) is 19.0. The Kier molecular flexibility index (Phi) is 13.6. The average molecular weight is 1270 g/mol. The maximum Gasteiger partial charge on any atom is 0.207 e. The van der Waals surface area contributed by atoms with Gasteiger partial charge < -0.3 is 9.13 Å². The van der Waals surface area contributed by atoms with E-state index < -0.39 is 14.3 Å². The molecule has 0 bridgehead atoms. The van der Waals surface area contributed by atoms with E-state index in [1.54, 1.807) is 24.8 Å². The van der Waals surface area contributed by atoms with E-state index in [0.29, 0.717) is 55.0 Å². The Labute approximate surface area is 552 Å². The molecule has 10 heteroatoms. The van der Waals surface area contributed by atoms with Crippen LogP contribution in [0.3, 0.4) is 0 Å². The van der Waals surface area contributed by atoms with Crippen molar-refractivity contribution in [2.45, 2.75) is 0 Å². The summed E-state index contributed by atoms with van der Waals surface area (Å²) in [6, 6.07) is 101. The van der Waals surface area contributed by atoms with Gasteiger partial charge in [-0.15, -0.1) is 0 Å². The fourth-order valence-corrected chi connectivity index (χ4v) is 20.6. The van der Waals surface area contributed by atoms with Gasteiger partial charge in [0.25, 0.3) is 0 Å². The van der Waals surface area contributed by atoms with Crippen LogP contribution >= 0.6 is 14.3 Å². The highest BCUT2D eigenvalue weighted by molar-refractivity contribution is 7.86. The molecule has 18 aromatic rings. The van der Waals surface area contributed by atoms with Gasteiger partial charge in [-0.05, 0) is 170 Å². The lowest BCUT2D eigenvalue weighted by atomic mass is 9.86. The summed E-state index contributed by atoms with van der Waals surface area (Å²) in [6.45, 7) is 0. The highest BCUT2D eigenvalue weighted by Gasteiger charge is 2.40. The normalized spacial score (nSPS) is 13.0. The van der Waals surface area contributed by atoms with Gasteiger partial charge in [-0.25, -0.2) is 4.98 Å². The molecule has 18 rings (SSSR count). The predicted molar refractivity (Wildman–Crippen MR) is 399 cm³/mol. The monoisotopic (exact) mass is 1260 g/mol. The van der Waals surface area contributed by atoms with Crippen LogP contribution in [0.2, 0.25) is 0 Å². The Balaban J connectivity index is 0.848. The molecule has 0 aliphatic carbocycles. The largest absolute Gasteiger partial charge is 0.307 e. The van der Waals surface area contributed by atoms with Gasteiger partial charge in [0, 0.05) is 63.2 Å². The SMILES string of the molecule is O=P(c1ccnc(-c2ccccn2)c1)(c1cccc(-c2ccccn2)n1)c1c2ccccc2c(-c2ccc(-c3ccc(P(=O)(c4ccccn4)c4c5ccccc5c(-c5ccccc5)c5c6ccccc6c6ccccc6c45)nc3)cc2)c2c3ccccc3c3ccccc3c12. The fourth-order valence-electron chi connectivity index (χ4n) is 14.9. The van der Waals surface area contributed by atoms with Crippen molar-refractivity contribution in [2.24, 2.45) is 0 Å². The molecular formula is C86H54N6O2P2. The minimum absolute atomic E-state index is 0.422. The second kappa shape index (κ2) is 23.0. The average Bonchev–Trinajstić information content (AvgIpc) is 0.699. The minimum atomic E-state index is -4.06. The molecule has 0 radical (unpaired) electrons. The van der Waals surface area contributed by atoms with Gasteiger partial charge in [0.15, 0.2) is 7.14 Å². The van der Waals surface area contributed by atoms with Gasteiger partial charge >= 0.3 is 0 Å². The first-order chi connectivity index (χ1) is 47.4. The van der Waals surface area contributed by atoms with Crippen LogP contribution in [0.25, 0.3) is 142 Å². The van der Waals surface area contributed by atoms with Crippen LogP contribution in [-0.2, 0) is 9.13 Å². The molecule has 6 aromatic heterocycles. The van der Waals surface area contributed by atoms with Crippen LogP contribution in [0.4, 0.5) is 0 Å². The number of benzene rings is 12. The number of pyridine rings is 6. The summed E-state index contributed by atoms with van der Waals surface area (Å²) in [5, 5.41) is 17.8. The Bertz CT molecular complexity index is 6170. The lowest BCUT2D eigenvalue weighted by molar-refractivity contribution is 0.591. The molecule has 2 unspecified atom stereocenters. The van der Waals surface area contributed by atoms with Gasteiger partial charge in [-0.1, -0.05) is 231 Å². The zero-order valence-electron chi connectivity index (χ0n) is 51.6. The molecule has 0 spiro atoms. The number of hydrogen-bond donors (Lipinski definition) is 0. The van der Waals surface area contributed by atoms with Gasteiger partial charge in [0.1, 0.15) is 16.3 Å². The Morgan fingerprint density at radius 3 is 1.14 bits per heavy atom. The summed E-state index contributed by atoms with van der Waals surface area (Å²) < 4.78 is 35.6. The first kappa shape index (κ1) is 56.8. The fraction of sp³-hybridized carbons (Fsp3) is 0. The summed E-state index contributed by atoms with van der Waals surface area (Å²) in [7, 11) is -8.01. The van der Waals surface area contributed by atoms with E-state index in [1.807, 2.05) is 109 Å². The second-order valence-corrected chi connectivity index (χ2v) is 29.4. The van der Waals surface area contributed by atoms with E-state index in [9.17, 15) is 0 Å². The molecule has 8 nitrogen and oxygen atoms in total. The minimum Gasteiger partial charge on any atom is -0.307 e. The van der Waals surface area contributed by atoms with Crippen molar-refractivity contribution >= 4 is 133 Å². The molecule has 0 amide bonds. The van der Waals surface area contributed by atoms with E-state index in [4.69, 9.17) is 29.9 Å². The first-order valence-corrected chi connectivity index (χ1v) is 35.4. The van der Waals surface area contributed by atoms with Crippen LogP contribution in [0.5, 0.6) is 0 Å². The molecule has 0 aliphatic rings. The molecular weight excluding hydrogens is 1210 g/mol. The predicted octanol–water partition coefficient (Wildman–Crippen LogP) is 18.9. The summed E-state index contributed by atoms with van der Waals surface area (Å²) in [5.41, 5.74) is 9.78. The zero-order valence-corrected chi connectivity index (χ0v) is 53.4. The maximum atomic E-state index is 18.0. The third-order valence-corrected chi connectivity index (χ3v) is 24.9. The molecule has 0 N–H and O–H groups in total. The van der Waals surface area contributed by atoms with Crippen LogP contribution in [0.15, 0.2) is 328 Å². The molecule has 0 fully saturated rings. The lowest BCUT2D eigenvalue weighted by Crippen LogP contribution is -2.30. The van der Waals surface area contributed by atoms with Crippen molar-refractivity contribution in [3.05, 3.63) is 328 Å². The third kappa shape index (κ3) is 8.91. The van der Waals surface area contributed by atoms with Gasteiger partial charge in [0.05, 0.1) is 22.8 Å². The standard InChI is InChI=1S/C86H54N6O2P2/c93-95(59-48-52-89-75(53-59)73-38-17-20-50-88-73,78-41-22-39-74(92-78)72-37-16-19-49-87-72)85-70-35-14-12-33-68(70)80(82-65-30-9-5-25-60(65)62-27-6-10-31-66(62)83(82)85)57-44-42-55(43-45-57)58-46-47-77(91-54-58)96(94,76-40-18-21-51-90-76)86-71-36-15-13-34-69(71)79(56-23-2-1-3-24-56)81-64-29-8-4-26-61(64)63-28-7-11-32-67(63)84(81)86/h1-54H. The Morgan fingerprint density at radius 1 is 0.229 bits per heavy atom. The van der Waals surface area contributed by atoms with Crippen LogP contribution in [-0.4, -0.2) is 29.9 Å². The first-order valence-electron chi connectivity index (χ1n) is 32.0. The number of fused-ring (bicyclic) bond motifs is 14. The molecule has 96 heavy (non-hydrogen) atoms. The quantitative estimate of drug-likeness (QED) is 0.0715.